The lowest BCUT2D eigenvalue weighted by molar-refractivity contribution is 0.102. The van der Waals surface area contributed by atoms with E-state index in [4.69, 9.17) is 0 Å². The maximum absolute atomic E-state index is 13.8. The van der Waals surface area contributed by atoms with Gasteiger partial charge in [0.15, 0.2) is 17.5 Å². The molecule has 0 spiro atoms. The van der Waals surface area contributed by atoms with E-state index in [9.17, 15) is 18.0 Å². The van der Waals surface area contributed by atoms with E-state index in [0.717, 1.165) is 42.9 Å². The first-order valence-corrected chi connectivity index (χ1v) is 8.81. The van der Waals surface area contributed by atoms with Crippen molar-refractivity contribution in [2.24, 2.45) is 0 Å². The SMILES string of the molecule is O=C(Nc1ccc(F)c(F)c1F)c1cc(N2CCCc3ccccc32)ccn1. The van der Waals surface area contributed by atoms with Gasteiger partial charge in [-0.05, 0) is 48.7 Å². The molecule has 0 saturated heterocycles. The molecule has 1 amide bonds. The summed E-state index contributed by atoms with van der Waals surface area (Å²) in [5.41, 5.74) is 2.67. The van der Waals surface area contributed by atoms with Crippen molar-refractivity contribution >= 4 is 23.0 Å². The van der Waals surface area contributed by atoms with Crippen LogP contribution in [0.15, 0.2) is 54.7 Å². The maximum atomic E-state index is 13.8. The highest BCUT2D eigenvalue weighted by atomic mass is 19.2. The van der Waals surface area contributed by atoms with Crippen LogP contribution in [-0.4, -0.2) is 17.4 Å². The number of nitrogens with zero attached hydrogens (tertiary/aromatic N) is 2. The summed E-state index contributed by atoms with van der Waals surface area (Å²) in [5, 5.41) is 2.24. The van der Waals surface area contributed by atoms with E-state index in [2.05, 4.69) is 21.3 Å². The molecule has 0 radical (unpaired) electrons. The van der Waals surface area contributed by atoms with Crippen molar-refractivity contribution in [3.63, 3.8) is 0 Å². The number of aromatic nitrogens is 1. The minimum Gasteiger partial charge on any atom is -0.341 e. The lowest BCUT2D eigenvalue weighted by Gasteiger charge is -2.31. The molecule has 7 heteroatoms. The highest BCUT2D eigenvalue weighted by molar-refractivity contribution is 6.03. The average molecular weight is 383 g/mol. The fourth-order valence-electron chi connectivity index (χ4n) is 3.32. The van der Waals surface area contributed by atoms with Crippen molar-refractivity contribution in [1.82, 2.24) is 4.98 Å². The van der Waals surface area contributed by atoms with E-state index in [0.29, 0.717) is 0 Å². The largest absolute Gasteiger partial charge is 0.341 e. The van der Waals surface area contributed by atoms with Crippen molar-refractivity contribution in [2.75, 3.05) is 16.8 Å². The number of pyridine rings is 1. The number of carbonyl (C=O) groups is 1. The van der Waals surface area contributed by atoms with Gasteiger partial charge in [-0.3, -0.25) is 9.78 Å². The molecule has 3 aromatic rings. The quantitative estimate of drug-likeness (QED) is 0.659. The van der Waals surface area contributed by atoms with Gasteiger partial charge in [0, 0.05) is 24.1 Å². The lowest BCUT2D eigenvalue weighted by Crippen LogP contribution is -2.25. The van der Waals surface area contributed by atoms with Crippen molar-refractivity contribution in [2.45, 2.75) is 12.8 Å². The van der Waals surface area contributed by atoms with Crippen molar-refractivity contribution in [3.8, 4) is 0 Å². The molecule has 0 unspecified atom stereocenters. The number of anilines is 3. The topological polar surface area (TPSA) is 45.2 Å². The molecule has 0 bridgehead atoms. The molecular formula is C21H16F3N3O. The molecule has 4 rings (SSSR count). The van der Waals surface area contributed by atoms with Gasteiger partial charge < -0.3 is 10.2 Å². The van der Waals surface area contributed by atoms with E-state index in [1.54, 1.807) is 12.1 Å². The molecule has 1 aliphatic rings. The molecule has 0 atom stereocenters. The van der Waals surface area contributed by atoms with Crippen LogP contribution in [-0.2, 0) is 6.42 Å². The monoisotopic (exact) mass is 383 g/mol. The Morgan fingerprint density at radius 3 is 2.71 bits per heavy atom. The maximum Gasteiger partial charge on any atom is 0.274 e. The second kappa shape index (κ2) is 7.34. The van der Waals surface area contributed by atoms with E-state index >= 15 is 0 Å². The van der Waals surface area contributed by atoms with Gasteiger partial charge in [0.2, 0.25) is 0 Å². The second-order valence-corrected chi connectivity index (χ2v) is 6.46. The van der Waals surface area contributed by atoms with Gasteiger partial charge >= 0.3 is 0 Å². The zero-order valence-corrected chi connectivity index (χ0v) is 14.8. The average Bonchev–Trinajstić information content (AvgIpc) is 2.74. The number of para-hydroxylation sites is 1. The third-order valence-corrected chi connectivity index (χ3v) is 4.68. The van der Waals surface area contributed by atoms with E-state index < -0.39 is 29.0 Å². The molecule has 1 N–H and O–H groups in total. The van der Waals surface area contributed by atoms with E-state index in [1.165, 1.54) is 11.8 Å². The van der Waals surface area contributed by atoms with E-state index in [1.807, 2.05) is 18.2 Å². The molecule has 4 nitrogen and oxygen atoms in total. The van der Waals surface area contributed by atoms with Crippen LogP contribution in [0.1, 0.15) is 22.5 Å². The third-order valence-electron chi connectivity index (χ3n) is 4.68. The Morgan fingerprint density at radius 1 is 1.04 bits per heavy atom. The van der Waals surface area contributed by atoms with Crippen LogP contribution in [0.2, 0.25) is 0 Å². The summed E-state index contributed by atoms with van der Waals surface area (Å²) in [6.45, 7) is 0.792. The fraction of sp³-hybridized carbons (Fsp3) is 0.143. The first-order valence-electron chi connectivity index (χ1n) is 8.81. The number of hydrogen-bond donors (Lipinski definition) is 1. The highest BCUT2D eigenvalue weighted by Crippen LogP contribution is 2.33. The zero-order valence-electron chi connectivity index (χ0n) is 14.8. The predicted octanol–water partition coefficient (Wildman–Crippen LogP) is 4.84. The number of fused-ring (bicyclic) bond motifs is 1. The van der Waals surface area contributed by atoms with Crippen LogP contribution in [0.4, 0.5) is 30.2 Å². The number of nitrogens with one attached hydrogen (secondary N) is 1. The summed E-state index contributed by atoms with van der Waals surface area (Å²) >= 11 is 0. The summed E-state index contributed by atoms with van der Waals surface area (Å²) in [6.07, 6.45) is 3.45. The van der Waals surface area contributed by atoms with Gasteiger partial charge in [0.05, 0.1) is 5.69 Å². The number of halogens is 3. The molecule has 0 fully saturated rings. The van der Waals surface area contributed by atoms with E-state index in [-0.39, 0.29) is 5.69 Å². The lowest BCUT2D eigenvalue weighted by atomic mass is 10.0. The van der Waals surface area contributed by atoms with Crippen molar-refractivity contribution in [1.29, 1.82) is 0 Å². The Kier molecular flexibility index (Phi) is 4.73. The van der Waals surface area contributed by atoms with Crippen LogP contribution < -0.4 is 10.2 Å². The summed E-state index contributed by atoms with van der Waals surface area (Å²) < 4.78 is 40.2. The number of amides is 1. The van der Waals surface area contributed by atoms with Crippen molar-refractivity contribution in [3.05, 3.63) is 83.4 Å². The normalized spacial score (nSPS) is 13.2. The Hall–Kier alpha value is -3.35. The number of aryl methyl sites for hydroxylation is 1. The summed E-state index contributed by atoms with van der Waals surface area (Å²) in [6, 6.07) is 13.1. The first-order chi connectivity index (χ1) is 13.5. The molecule has 0 saturated carbocycles. The Morgan fingerprint density at radius 2 is 1.86 bits per heavy atom. The van der Waals surface area contributed by atoms with Gasteiger partial charge in [-0.25, -0.2) is 13.2 Å². The molecular weight excluding hydrogens is 367 g/mol. The molecule has 1 aromatic heterocycles. The number of carbonyl (C=O) groups excluding carboxylic acids is 1. The molecule has 2 heterocycles. The summed E-state index contributed by atoms with van der Waals surface area (Å²) in [4.78, 5) is 18.6. The Balaban J connectivity index is 1.61. The molecule has 0 aliphatic carbocycles. The smallest absolute Gasteiger partial charge is 0.274 e. The standard InChI is InChI=1S/C21H16F3N3O/c22-15-7-8-16(20(24)19(15)23)26-21(28)17-12-14(9-10-25-17)27-11-3-5-13-4-1-2-6-18(13)27/h1-2,4,6-10,12H,3,5,11H2,(H,26,28). The van der Waals surface area contributed by atoms with Gasteiger partial charge in [-0.2, -0.15) is 0 Å². The van der Waals surface area contributed by atoms with Crippen molar-refractivity contribution < 1.29 is 18.0 Å². The number of rotatable bonds is 3. The van der Waals surface area contributed by atoms with Crippen LogP contribution in [0, 0.1) is 17.5 Å². The molecule has 28 heavy (non-hydrogen) atoms. The van der Waals surface area contributed by atoms with Gasteiger partial charge in [0.25, 0.3) is 5.91 Å². The fourth-order valence-corrected chi connectivity index (χ4v) is 3.32. The summed E-state index contributed by atoms with van der Waals surface area (Å²) in [7, 11) is 0. The van der Waals surface area contributed by atoms with Crippen LogP contribution in [0.5, 0.6) is 0 Å². The highest BCUT2D eigenvalue weighted by Gasteiger charge is 2.20. The minimum atomic E-state index is -1.63. The predicted molar refractivity (Wildman–Crippen MR) is 100 cm³/mol. The minimum absolute atomic E-state index is 0.0460. The van der Waals surface area contributed by atoms with Crippen LogP contribution >= 0.6 is 0 Å². The Bertz CT molecular complexity index is 1050. The Labute approximate surface area is 159 Å². The summed E-state index contributed by atoms with van der Waals surface area (Å²) in [5.74, 6) is -5.12. The van der Waals surface area contributed by atoms with Gasteiger partial charge in [-0.1, -0.05) is 18.2 Å². The van der Waals surface area contributed by atoms with Gasteiger partial charge in [0.1, 0.15) is 5.69 Å². The van der Waals surface area contributed by atoms with Crippen LogP contribution in [0.3, 0.4) is 0 Å². The number of benzene rings is 2. The third kappa shape index (κ3) is 3.31. The molecule has 2 aromatic carbocycles. The van der Waals surface area contributed by atoms with Crippen LogP contribution in [0.25, 0.3) is 0 Å². The molecule has 142 valence electrons. The second-order valence-electron chi connectivity index (χ2n) is 6.46. The molecule has 1 aliphatic heterocycles. The first kappa shape index (κ1) is 18.0. The zero-order chi connectivity index (χ0) is 19.7. The van der Waals surface area contributed by atoms with Gasteiger partial charge in [-0.15, -0.1) is 0 Å². The number of hydrogen-bond acceptors (Lipinski definition) is 3.